The Morgan fingerprint density at radius 2 is 1.82 bits per heavy atom. The molecule has 4 bridgehead atoms. The average Bonchev–Trinajstić information content (AvgIpc) is 4.01. The Morgan fingerprint density at radius 1 is 1.00 bits per heavy atom. The Morgan fingerprint density at radius 3 is 2.62 bits per heavy atom. The Labute approximate surface area is 354 Å². The molecule has 4 heterocycles. The third-order valence-electron chi connectivity index (χ3n) is 10.6. The van der Waals surface area contributed by atoms with Crippen molar-refractivity contribution in [3.8, 4) is 22.9 Å². The molecule has 3 aromatic heterocycles. The maximum absolute atomic E-state index is 16.6. The summed E-state index contributed by atoms with van der Waals surface area (Å²) in [6.07, 6.45) is 5.16. The first kappa shape index (κ1) is 42.5. The molecule has 15 heteroatoms. The molecule has 1 N–H and O–H groups in total. The summed E-state index contributed by atoms with van der Waals surface area (Å²) < 4.78 is 62.7. The summed E-state index contributed by atoms with van der Waals surface area (Å²) in [5, 5.41) is 17.2. The summed E-state index contributed by atoms with van der Waals surface area (Å²) in [5.41, 5.74) is 3.28. The topological polar surface area (TPSA) is 126 Å². The molecule has 1 aliphatic rings. The molecule has 11 nitrogen and oxygen atoms in total. The molecule has 2 unspecified atom stereocenters. The number of aromatic nitrogens is 6. The summed E-state index contributed by atoms with van der Waals surface area (Å²) in [4.78, 5) is 17.7. The highest BCUT2D eigenvalue weighted by Crippen LogP contribution is 2.40. The zero-order valence-electron chi connectivity index (χ0n) is 33.8. The van der Waals surface area contributed by atoms with Crippen molar-refractivity contribution in [2.45, 2.75) is 56.4 Å². The zero-order chi connectivity index (χ0) is 42.4. The monoisotopic (exact) mass is 852 g/mol. The van der Waals surface area contributed by atoms with Gasteiger partial charge in [-0.25, -0.2) is 22.7 Å². The molecule has 0 saturated carbocycles. The van der Waals surface area contributed by atoms with Crippen LogP contribution in [-0.2, 0) is 52.4 Å². The summed E-state index contributed by atoms with van der Waals surface area (Å²) >= 11 is 1.77. The van der Waals surface area contributed by atoms with Crippen LogP contribution in [-0.4, -0.2) is 69.0 Å². The molecule has 0 saturated heterocycles. The third-order valence-corrected chi connectivity index (χ3v) is 12.9. The van der Waals surface area contributed by atoms with Crippen LogP contribution in [0.1, 0.15) is 54.9 Å². The van der Waals surface area contributed by atoms with Crippen LogP contribution in [0.15, 0.2) is 108 Å². The lowest BCUT2D eigenvalue weighted by Crippen LogP contribution is -2.27. The second-order valence-electron chi connectivity index (χ2n) is 14.4. The number of rotatable bonds is 7. The number of benzene rings is 4. The second-order valence-corrected chi connectivity index (χ2v) is 16.9. The van der Waals surface area contributed by atoms with Crippen LogP contribution in [0.3, 0.4) is 0 Å². The predicted molar refractivity (Wildman–Crippen MR) is 230 cm³/mol. The van der Waals surface area contributed by atoms with E-state index in [1.807, 2.05) is 53.2 Å². The average molecular weight is 853 g/mol. The van der Waals surface area contributed by atoms with Gasteiger partial charge in [0.1, 0.15) is 11.6 Å². The van der Waals surface area contributed by atoms with Crippen molar-refractivity contribution < 1.29 is 32.4 Å². The van der Waals surface area contributed by atoms with Gasteiger partial charge >= 0.3 is 5.97 Å². The van der Waals surface area contributed by atoms with Crippen molar-refractivity contribution in [1.82, 2.24) is 28.5 Å². The van der Waals surface area contributed by atoms with Crippen LogP contribution in [0.4, 0.5) is 8.78 Å². The predicted octanol–water partition coefficient (Wildman–Crippen LogP) is 8.41. The van der Waals surface area contributed by atoms with Crippen LogP contribution in [0, 0.1) is 11.6 Å². The van der Waals surface area contributed by atoms with E-state index in [0.717, 1.165) is 35.4 Å². The van der Waals surface area contributed by atoms with Crippen molar-refractivity contribution in [2.75, 3.05) is 25.2 Å². The summed E-state index contributed by atoms with van der Waals surface area (Å²) in [5.74, 6) is 1.05. The highest BCUT2D eigenvalue weighted by molar-refractivity contribution is 7.99. The van der Waals surface area contributed by atoms with Gasteiger partial charge in [-0.05, 0) is 86.0 Å². The van der Waals surface area contributed by atoms with Crippen LogP contribution in [0.25, 0.3) is 22.3 Å². The molecule has 1 aliphatic heterocycles. The van der Waals surface area contributed by atoms with Gasteiger partial charge in [-0.3, -0.25) is 13.4 Å². The first-order valence-corrected chi connectivity index (χ1v) is 21.9. The Balaban J connectivity index is 0.00000268. The van der Waals surface area contributed by atoms with E-state index in [1.165, 1.54) is 24.3 Å². The molecule has 0 aliphatic carbocycles. The number of thioether (sulfide) groups is 1. The maximum Gasteiger partial charge on any atom is 0.306 e. The highest BCUT2D eigenvalue weighted by atomic mass is 32.2. The van der Waals surface area contributed by atoms with Crippen molar-refractivity contribution in [3.63, 3.8) is 0 Å². The lowest BCUT2D eigenvalue weighted by Gasteiger charge is -2.28. The Kier molecular flexibility index (Phi) is 13.3. The molecule has 8 rings (SSSR count). The van der Waals surface area contributed by atoms with Crippen molar-refractivity contribution >= 4 is 39.6 Å². The SMILES string of the molecule is CCOC(=O)CCc1cccc(C2(C)CCSCCn3nccc3Cc3c(c(F)cc4c3ccn4S(=O)c3ccccc3)Oc3ccc(F)c(c3)-c3nc2nn3C)c1.CO. The minimum atomic E-state index is -1.63. The number of hydrogen-bond acceptors (Lipinski definition) is 9. The van der Waals surface area contributed by atoms with Gasteiger partial charge in [0.2, 0.25) is 0 Å². The molecular formula is C45H46F2N6O5S2. The van der Waals surface area contributed by atoms with Crippen molar-refractivity contribution in [3.05, 3.63) is 143 Å². The second kappa shape index (κ2) is 18.7. The summed E-state index contributed by atoms with van der Waals surface area (Å²) in [7, 11) is 1.10. The number of fused-ring (bicyclic) bond motifs is 9. The number of aliphatic hydroxyl groups excluding tert-OH is 1. The molecule has 0 radical (unpaired) electrons. The molecule has 0 amide bonds. The van der Waals surface area contributed by atoms with Gasteiger partial charge in [0, 0.05) is 67.9 Å². The fourth-order valence-electron chi connectivity index (χ4n) is 7.42. The molecule has 4 aromatic carbocycles. The zero-order valence-corrected chi connectivity index (χ0v) is 35.4. The number of carbonyl (C=O) groups excluding carboxylic acids is 1. The van der Waals surface area contributed by atoms with E-state index in [2.05, 4.69) is 18.1 Å². The normalized spacial score (nSPS) is 16.0. The molecule has 7 aromatic rings. The smallest absolute Gasteiger partial charge is 0.306 e. The number of halogens is 2. The summed E-state index contributed by atoms with van der Waals surface area (Å²) in [6, 6.07) is 26.5. The number of carbonyl (C=O) groups is 1. The molecule has 60 heavy (non-hydrogen) atoms. The fraction of sp³-hybridized carbons (Fsp3) is 0.289. The maximum atomic E-state index is 16.6. The number of nitrogens with zero attached hydrogens (tertiary/aromatic N) is 6. The highest BCUT2D eigenvalue weighted by Gasteiger charge is 2.35. The van der Waals surface area contributed by atoms with Gasteiger partial charge in [0.25, 0.3) is 0 Å². The number of hydrogen-bond donors (Lipinski definition) is 1. The van der Waals surface area contributed by atoms with Gasteiger partial charge in [-0.2, -0.15) is 22.0 Å². The van der Waals surface area contributed by atoms with Crippen LogP contribution >= 0.6 is 11.8 Å². The standard InChI is InChI=1S/C44H42F2N6O4S2.CH4O/c1-4-55-40(53)16-13-29-9-8-10-30(25-29)44(2)19-23-57-24-22-51-31(17-20-47-51)26-35-34-18-21-52(58(54)33-11-6-5-7-12-33)39(34)28-38(46)41(35)56-32-14-15-37(45)36(27-32)42-48-43(44)49-50(42)3;1-2/h5-12,14-15,17-18,20-21,25,27-28H,4,13,16,19,22-24,26H2,1-3H3;2H,1H3. The minimum absolute atomic E-state index is 0.0226. The first-order chi connectivity index (χ1) is 29.1. The van der Waals surface area contributed by atoms with Gasteiger partial charge < -0.3 is 14.6 Å². The number of aliphatic hydroxyl groups is 1. The number of ether oxygens (including phenoxy) is 2. The van der Waals surface area contributed by atoms with E-state index in [4.69, 9.17) is 24.7 Å². The van der Waals surface area contributed by atoms with Gasteiger partial charge in [0.15, 0.2) is 34.2 Å². The van der Waals surface area contributed by atoms with Crippen LogP contribution < -0.4 is 4.74 Å². The molecule has 0 spiro atoms. The fourth-order valence-corrected chi connectivity index (χ4v) is 9.60. The van der Waals surface area contributed by atoms with Crippen molar-refractivity contribution in [2.24, 2.45) is 7.05 Å². The van der Waals surface area contributed by atoms with E-state index in [-0.39, 0.29) is 41.7 Å². The Hall–Kier alpha value is -5.64. The van der Waals surface area contributed by atoms with E-state index >= 15 is 8.78 Å². The number of esters is 1. The van der Waals surface area contributed by atoms with Crippen molar-refractivity contribution in [1.29, 1.82) is 0 Å². The van der Waals surface area contributed by atoms with E-state index in [1.54, 1.807) is 58.9 Å². The van der Waals surface area contributed by atoms with E-state index in [9.17, 15) is 9.00 Å². The van der Waals surface area contributed by atoms with Crippen LogP contribution in [0.5, 0.6) is 11.5 Å². The lowest BCUT2D eigenvalue weighted by molar-refractivity contribution is -0.143. The Bertz CT molecular complexity index is 2650. The molecule has 2 atom stereocenters. The molecule has 312 valence electrons. The number of aryl methyl sites for hydroxylation is 3. The van der Waals surface area contributed by atoms with Gasteiger partial charge in [0.05, 0.1) is 34.5 Å². The quantitative estimate of drug-likeness (QED) is 0.157. The van der Waals surface area contributed by atoms with Gasteiger partial charge in [-0.15, -0.1) is 0 Å². The molecule has 0 fully saturated rings. The van der Waals surface area contributed by atoms with Gasteiger partial charge in [-0.1, -0.05) is 42.5 Å². The largest absolute Gasteiger partial charge is 0.466 e. The van der Waals surface area contributed by atoms with E-state index < -0.39 is 28.0 Å². The van der Waals surface area contributed by atoms with E-state index in [0.29, 0.717) is 53.2 Å². The third kappa shape index (κ3) is 8.79. The minimum Gasteiger partial charge on any atom is -0.466 e. The first-order valence-electron chi connectivity index (χ1n) is 19.6. The lowest BCUT2D eigenvalue weighted by atomic mass is 9.78. The van der Waals surface area contributed by atoms with Crippen LogP contribution in [0.2, 0.25) is 0 Å². The molecular weight excluding hydrogens is 807 g/mol. The summed E-state index contributed by atoms with van der Waals surface area (Å²) in [6.45, 7) is 4.83.